The Labute approximate surface area is 198 Å². The number of carbonyl (C=O) groups is 1. The Morgan fingerprint density at radius 2 is 1.80 bits per heavy atom. The number of fused-ring (bicyclic) bond motifs is 1. The van der Waals surface area contributed by atoms with Crippen LogP contribution < -0.4 is 20.3 Å². The molecular formula is C25H21F2N3O5. The number of nitrogens with one attached hydrogen (secondary N) is 1. The summed E-state index contributed by atoms with van der Waals surface area (Å²) >= 11 is 0. The van der Waals surface area contributed by atoms with Crippen LogP contribution in [0.3, 0.4) is 0 Å². The Morgan fingerprint density at radius 1 is 1.09 bits per heavy atom. The van der Waals surface area contributed by atoms with E-state index in [-0.39, 0.29) is 23.4 Å². The van der Waals surface area contributed by atoms with Crippen LogP contribution in [-0.4, -0.2) is 30.2 Å². The van der Waals surface area contributed by atoms with Crippen LogP contribution >= 0.6 is 0 Å². The van der Waals surface area contributed by atoms with Gasteiger partial charge in [-0.2, -0.15) is 0 Å². The van der Waals surface area contributed by atoms with E-state index in [0.29, 0.717) is 39.4 Å². The molecule has 2 aromatic carbocycles. The maximum atomic E-state index is 13.7. The van der Waals surface area contributed by atoms with Crippen molar-refractivity contribution in [2.24, 2.45) is 4.99 Å². The lowest BCUT2D eigenvalue weighted by atomic mass is 10.1. The number of halogens is 2. The van der Waals surface area contributed by atoms with Gasteiger partial charge in [-0.25, -0.2) is 13.8 Å². The second kappa shape index (κ2) is 9.90. The zero-order valence-electron chi connectivity index (χ0n) is 19.1. The van der Waals surface area contributed by atoms with E-state index in [2.05, 4.69) is 15.3 Å². The standard InChI is InChI=1S/C25H21F2N3O5/c1-13-23-19(14(12-31)11-28-13)10-20(24(32)29-15-4-5-21(26)22(27)8-15)25(35-23)30-16-6-17(33-2)9-18(7-16)34-3/h4-11,31H,12H2,1-3H3,(H,29,32). The molecule has 0 aliphatic rings. The molecule has 0 unspecified atom stereocenters. The van der Waals surface area contributed by atoms with Crippen LogP contribution in [-0.2, 0) is 6.61 Å². The molecule has 8 nitrogen and oxygen atoms in total. The number of ether oxygens (including phenoxy) is 2. The number of aliphatic hydroxyl groups is 1. The summed E-state index contributed by atoms with van der Waals surface area (Å²) in [6.07, 6.45) is 1.48. The fourth-order valence-electron chi connectivity index (χ4n) is 3.41. The first-order valence-corrected chi connectivity index (χ1v) is 10.4. The van der Waals surface area contributed by atoms with Crippen molar-refractivity contribution < 1.29 is 32.6 Å². The second-order valence-electron chi connectivity index (χ2n) is 7.50. The molecule has 0 spiro atoms. The van der Waals surface area contributed by atoms with E-state index in [1.54, 1.807) is 25.1 Å². The van der Waals surface area contributed by atoms with Gasteiger partial charge < -0.3 is 24.3 Å². The normalized spacial score (nSPS) is 11.5. The van der Waals surface area contributed by atoms with E-state index >= 15 is 0 Å². The number of anilines is 1. The molecule has 35 heavy (non-hydrogen) atoms. The van der Waals surface area contributed by atoms with Gasteiger partial charge in [-0.1, -0.05) is 0 Å². The summed E-state index contributed by atoms with van der Waals surface area (Å²) in [5.41, 5.74) is 1.60. The number of rotatable bonds is 6. The van der Waals surface area contributed by atoms with Gasteiger partial charge in [0.2, 0.25) is 5.55 Å². The number of aryl methyl sites for hydroxylation is 1. The van der Waals surface area contributed by atoms with Gasteiger partial charge in [-0.15, -0.1) is 0 Å². The number of carbonyl (C=O) groups excluding carboxylic acids is 1. The zero-order valence-corrected chi connectivity index (χ0v) is 19.1. The number of benzene rings is 2. The lowest BCUT2D eigenvalue weighted by molar-refractivity contribution is 0.102. The summed E-state index contributed by atoms with van der Waals surface area (Å²) in [6.45, 7) is 1.37. The predicted octanol–water partition coefficient (Wildman–Crippen LogP) is 4.41. The smallest absolute Gasteiger partial charge is 0.261 e. The van der Waals surface area contributed by atoms with Crippen molar-refractivity contribution in [3.8, 4) is 11.5 Å². The van der Waals surface area contributed by atoms with Crippen LogP contribution in [0.1, 0.15) is 21.6 Å². The number of hydrogen-bond acceptors (Lipinski definition) is 7. The molecule has 0 bridgehead atoms. The molecule has 0 saturated heterocycles. The van der Waals surface area contributed by atoms with Crippen LogP contribution in [0.25, 0.3) is 11.0 Å². The molecule has 1 amide bonds. The Morgan fingerprint density at radius 3 is 2.43 bits per heavy atom. The van der Waals surface area contributed by atoms with E-state index in [9.17, 15) is 18.7 Å². The maximum absolute atomic E-state index is 13.7. The number of aliphatic hydroxyl groups excluding tert-OH is 1. The highest BCUT2D eigenvalue weighted by Gasteiger charge is 2.17. The van der Waals surface area contributed by atoms with Gasteiger partial charge in [-0.3, -0.25) is 9.78 Å². The monoisotopic (exact) mass is 481 g/mol. The topological polar surface area (TPSA) is 106 Å². The molecule has 10 heteroatoms. The number of aromatic nitrogens is 1. The van der Waals surface area contributed by atoms with E-state index in [1.807, 2.05) is 0 Å². The first kappa shape index (κ1) is 23.8. The van der Waals surface area contributed by atoms with Gasteiger partial charge in [0.1, 0.15) is 17.1 Å². The van der Waals surface area contributed by atoms with Crippen LogP contribution in [0.5, 0.6) is 11.5 Å². The van der Waals surface area contributed by atoms with E-state index in [1.165, 1.54) is 32.5 Å². The Kier molecular flexibility index (Phi) is 6.74. The Hall–Kier alpha value is -4.31. The number of hydrogen-bond donors (Lipinski definition) is 2. The third-order valence-corrected chi connectivity index (χ3v) is 5.21. The second-order valence-corrected chi connectivity index (χ2v) is 7.50. The lowest BCUT2D eigenvalue weighted by Crippen LogP contribution is -2.22. The number of methoxy groups -OCH3 is 2. The highest BCUT2D eigenvalue weighted by molar-refractivity contribution is 6.05. The molecule has 4 rings (SSSR count). The van der Waals surface area contributed by atoms with Crippen molar-refractivity contribution in [2.45, 2.75) is 13.5 Å². The van der Waals surface area contributed by atoms with Gasteiger partial charge in [-0.05, 0) is 25.1 Å². The summed E-state index contributed by atoms with van der Waals surface area (Å²) in [5.74, 6) is -1.90. The largest absolute Gasteiger partial charge is 0.497 e. The van der Waals surface area contributed by atoms with Crippen LogP contribution in [0, 0.1) is 18.6 Å². The molecule has 0 fully saturated rings. The highest BCUT2D eigenvalue weighted by atomic mass is 19.2. The van der Waals surface area contributed by atoms with Crippen molar-refractivity contribution in [3.05, 3.63) is 82.7 Å². The van der Waals surface area contributed by atoms with Crippen LogP contribution in [0.2, 0.25) is 0 Å². The van der Waals surface area contributed by atoms with Gasteiger partial charge in [0.15, 0.2) is 17.2 Å². The summed E-state index contributed by atoms with van der Waals surface area (Å²) in [5, 5.41) is 12.7. The zero-order chi connectivity index (χ0) is 25.1. The maximum Gasteiger partial charge on any atom is 0.261 e. The molecule has 4 aromatic rings. The molecule has 0 radical (unpaired) electrons. The molecule has 2 N–H and O–H groups in total. The first-order valence-electron chi connectivity index (χ1n) is 10.4. The van der Waals surface area contributed by atoms with E-state index in [4.69, 9.17) is 13.9 Å². The van der Waals surface area contributed by atoms with E-state index in [0.717, 1.165) is 12.1 Å². The van der Waals surface area contributed by atoms with Crippen molar-refractivity contribution >= 4 is 28.3 Å². The number of nitrogens with zero attached hydrogens (tertiary/aromatic N) is 2. The number of amides is 1. The lowest BCUT2D eigenvalue weighted by Gasteiger charge is -2.10. The molecule has 180 valence electrons. The molecule has 0 aliphatic carbocycles. The molecular weight excluding hydrogens is 460 g/mol. The minimum absolute atomic E-state index is 0.00989. The Balaban J connectivity index is 1.93. The summed E-state index contributed by atoms with van der Waals surface area (Å²) in [4.78, 5) is 21.9. The van der Waals surface area contributed by atoms with Gasteiger partial charge >= 0.3 is 0 Å². The SMILES string of the molecule is COc1cc(N=c2oc3c(C)ncc(CO)c3cc2C(=O)Nc2ccc(F)c(F)c2)cc(OC)c1. The first-order chi connectivity index (χ1) is 16.8. The predicted molar refractivity (Wildman–Crippen MR) is 124 cm³/mol. The molecule has 0 aliphatic heterocycles. The molecule has 2 aromatic heterocycles. The minimum atomic E-state index is -1.11. The average Bonchev–Trinajstić information content (AvgIpc) is 2.86. The molecule has 0 atom stereocenters. The van der Waals surface area contributed by atoms with E-state index < -0.39 is 17.5 Å². The fraction of sp³-hybridized carbons (Fsp3) is 0.160. The van der Waals surface area contributed by atoms with Crippen molar-refractivity contribution in [3.63, 3.8) is 0 Å². The molecule has 2 heterocycles. The van der Waals surface area contributed by atoms with Crippen molar-refractivity contribution in [2.75, 3.05) is 19.5 Å². The summed E-state index contributed by atoms with van der Waals surface area (Å²) < 4.78 is 43.5. The molecule has 0 saturated carbocycles. The fourth-order valence-corrected chi connectivity index (χ4v) is 3.41. The van der Waals surface area contributed by atoms with Crippen molar-refractivity contribution in [1.82, 2.24) is 4.98 Å². The average molecular weight is 481 g/mol. The third kappa shape index (κ3) is 4.97. The number of pyridine rings is 1. The Bertz CT molecular complexity index is 1480. The summed E-state index contributed by atoms with van der Waals surface area (Å²) in [7, 11) is 2.98. The van der Waals surface area contributed by atoms with Gasteiger partial charge in [0.25, 0.3) is 5.91 Å². The van der Waals surface area contributed by atoms with Crippen molar-refractivity contribution in [1.29, 1.82) is 0 Å². The third-order valence-electron chi connectivity index (χ3n) is 5.21. The summed E-state index contributed by atoms with van der Waals surface area (Å²) in [6, 6.07) is 9.40. The van der Waals surface area contributed by atoms with Gasteiger partial charge in [0, 0.05) is 47.1 Å². The minimum Gasteiger partial charge on any atom is -0.497 e. The van der Waals surface area contributed by atoms with Crippen LogP contribution in [0.4, 0.5) is 20.2 Å². The van der Waals surface area contributed by atoms with Gasteiger partial charge in [0.05, 0.1) is 32.2 Å². The quantitative estimate of drug-likeness (QED) is 0.423. The van der Waals surface area contributed by atoms with Crippen LogP contribution in [0.15, 0.2) is 58.1 Å². The highest BCUT2D eigenvalue weighted by Crippen LogP contribution is 2.28.